The van der Waals surface area contributed by atoms with Gasteiger partial charge in [-0.3, -0.25) is 24.0 Å². The van der Waals surface area contributed by atoms with Gasteiger partial charge < -0.3 is 36.6 Å². The fourth-order valence-electron chi connectivity index (χ4n) is 2.74. The summed E-state index contributed by atoms with van der Waals surface area (Å²) in [5, 5.41) is 37.5. The van der Waals surface area contributed by atoms with Crippen LogP contribution in [-0.4, -0.2) is 81.8 Å². The number of aliphatic hydroxyl groups is 1. The van der Waals surface area contributed by atoms with Gasteiger partial charge in [0.05, 0.1) is 12.1 Å². The van der Waals surface area contributed by atoms with Crippen molar-refractivity contribution < 1.29 is 39.3 Å². The molecule has 5 unspecified atom stereocenters. The summed E-state index contributed by atoms with van der Waals surface area (Å²) in [7, 11) is 0. The fourth-order valence-corrected chi connectivity index (χ4v) is 2.74. The lowest BCUT2D eigenvalue weighted by molar-refractivity contribution is -0.142. The molecule has 0 aliphatic carbocycles. The first-order valence-electron chi connectivity index (χ1n) is 9.30. The van der Waals surface area contributed by atoms with E-state index in [0.717, 1.165) is 6.42 Å². The van der Waals surface area contributed by atoms with E-state index in [1.165, 1.54) is 13.8 Å². The molecule has 1 fully saturated rings. The third-order valence-corrected chi connectivity index (χ3v) is 4.45. The summed E-state index contributed by atoms with van der Waals surface area (Å²) in [6, 6.07) is -4.48. The smallest absolute Gasteiger partial charge is 0.325 e. The highest BCUT2D eigenvalue weighted by molar-refractivity contribution is 5.94. The molecule has 12 nitrogen and oxygen atoms in total. The Morgan fingerprint density at radius 2 is 1.69 bits per heavy atom. The van der Waals surface area contributed by atoms with E-state index >= 15 is 0 Å². The van der Waals surface area contributed by atoms with Crippen molar-refractivity contribution in [1.82, 2.24) is 21.3 Å². The molecule has 0 aromatic carbocycles. The standard InChI is InChI=1S/C17H28N4O8/c1-8(17(28)29)19-15(26)11(5-6-12(23)24)20-16(27)13(9(2)22)21-14(25)10-4-3-7-18-10/h8-11,13,18,22H,3-7H2,1-2H3,(H,19,26)(H,20,27)(H,21,25)(H,23,24)(H,28,29). The Labute approximate surface area is 167 Å². The van der Waals surface area contributed by atoms with Crippen LogP contribution in [-0.2, 0) is 24.0 Å². The molecule has 0 aromatic heterocycles. The van der Waals surface area contributed by atoms with Crippen LogP contribution in [0.25, 0.3) is 0 Å². The van der Waals surface area contributed by atoms with Crippen LogP contribution in [0.1, 0.15) is 39.5 Å². The molecule has 1 rings (SSSR count). The number of nitrogens with one attached hydrogen (secondary N) is 4. The molecule has 1 aliphatic rings. The second-order valence-corrected chi connectivity index (χ2v) is 6.94. The Bertz CT molecular complexity index is 633. The first-order valence-corrected chi connectivity index (χ1v) is 9.30. The summed E-state index contributed by atoms with van der Waals surface area (Å²) in [5.74, 6) is -4.77. The topological polar surface area (TPSA) is 194 Å². The van der Waals surface area contributed by atoms with Crippen molar-refractivity contribution in [3.05, 3.63) is 0 Å². The second-order valence-electron chi connectivity index (χ2n) is 6.94. The lowest BCUT2D eigenvalue weighted by Crippen LogP contribution is -2.59. The Balaban J connectivity index is 2.84. The number of aliphatic hydroxyl groups excluding tert-OH is 1. The molecule has 29 heavy (non-hydrogen) atoms. The number of rotatable bonds is 11. The van der Waals surface area contributed by atoms with Crippen LogP contribution in [0.2, 0.25) is 0 Å². The van der Waals surface area contributed by atoms with Gasteiger partial charge in [-0.15, -0.1) is 0 Å². The minimum Gasteiger partial charge on any atom is -0.481 e. The molecule has 0 spiro atoms. The summed E-state index contributed by atoms with van der Waals surface area (Å²) >= 11 is 0. The van der Waals surface area contributed by atoms with E-state index in [9.17, 15) is 29.1 Å². The van der Waals surface area contributed by atoms with Gasteiger partial charge in [0.25, 0.3) is 0 Å². The van der Waals surface area contributed by atoms with Crippen LogP contribution in [0.3, 0.4) is 0 Å². The number of hydrogen-bond donors (Lipinski definition) is 7. The van der Waals surface area contributed by atoms with Gasteiger partial charge in [0.1, 0.15) is 18.1 Å². The van der Waals surface area contributed by atoms with E-state index in [1.807, 2.05) is 0 Å². The number of aliphatic carboxylic acids is 2. The zero-order valence-corrected chi connectivity index (χ0v) is 16.3. The molecule has 5 atom stereocenters. The normalized spacial score (nSPS) is 20.0. The summed E-state index contributed by atoms with van der Waals surface area (Å²) in [4.78, 5) is 58.8. The molecular formula is C17H28N4O8. The Morgan fingerprint density at radius 1 is 1.03 bits per heavy atom. The van der Waals surface area contributed by atoms with E-state index in [0.29, 0.717) is 13.0 Å². The Kier molecular flexibility index (Phi) is 9.48. The molecule has 7 N–H and O–H groups in total. The van der Waals surface area contributed by atoms with Gasteiger partial charge >= 0.3 is 11.9 Å². The number of amides is 3. The Morgan fingerprint density at radius 3 is 2.17 bits per heavy atom. The third kappa shape index (κ3) is 8.03. The maximum absolute atomic E-state index is 12.6. The van der Waals surface area contributed by atoms with Crippen LogP contribution >= 0.6 is 0 Å². The molecule has 1 saturated heterocycles. The van der Waals surface area contributed by atoms with Gasteiger partial charge in [0.15, 0.2) is 0 Å². The number of carboxylic acids is 2. The molecule has 3 amide bonds. The minimum atomic E-state index is -1.37. The Hall–Kier alpha value is -2.73. The zero-order valence-electron chi connectivity index (χ0n) is 16.3. The van der Waals surface area contributed by atoms with Crippen molar-refractivity contribution in [3.8, 4) is 0 Å². The number of carboxylic acid groups (broad SMARTS) is 2. The number of carbonyl (C=O) groups excluding carboxylic acids is 3. The maximum Gasteiger partial charge on any atom is 0.325 e. The minimum absolute atomic E-state index is 0.302. The SMILES string of the molecule is CC(NC(=O)C(CCC(=O)O)NC(=O)C(NC(=O)C1CCCN1)C(C)O)C(=O)O. The van der Waals surface area contributed by atoms with Crippen LogP contribution < -0.4 is 21.3 Å². The van der Waals surface area contributed by atoms with Crippen LogP contribution in [0.15, 0.2) is 0 Å². The van der Waals surface area contributed by atoms with Gasteiger partial charge in [-0.1, -0.05) is 0 Å². The number of carbonyl (C=O) groups is 5. The number of hydrogen-bond acceptors (Lipinski definition) is 7. The molecule has 1 heterocycles. The summed E-state index contributed by atoms with van der Waals surface area (Å²) in [6.07, 6.45) is -0.678. The predicted octanol–water partition coefficient (Wildman–Crippen LogP) is -2.46. The lowest BCUT2D eigenvalue weighted by atomic mass is 10.1. The van der Waals surface area contributed by atoms with E-state index in [-0.39, 0.29) is 6.42 Å². The van der Waals surface area contributed by atoms with Crippen molar-refractivity contribution in [2.45, 2.75) is 69.8 Å². The quantitative estimate of drug-likeness (QED) is 0.191. The molecule has 164 valence electrons. The molecule has 0 saturated carbocycles. The van der Waals surface area contributed by atoms with Crippen molar-refractivity contribution in [3.63, 3.8) is 0 Å². The van der Waals surface area contributed by atoms with Crippen LogP contribution in [0, 0.1) is 0 Å². The van der Waals surface area contributed by atoms with Crippen LogP contribution in [0.5, 0.6) is 0 Å². The average Bonchev–Trinajstić information content (AvgIpc) is 3.16. The van der Waals surface area contributed by atoms with Crippen molar-refractivity contribution in [1.29, 1.82) is 0 Å². The van der Waals surface area contributed by atoms with Crippen LogP contribution in [0.4, 0.5) is 0 Å². The summed E-state index contributed by atoms with van der Waals surface area (Å²) in [5.41, 5.74) is 0. The van der Waals surface area contributed by atoms with Crippen molar-refractivity contribution in [2.75, 3.05) is 6.54 Å². The molecule has 0 bridgehead atoms. The van der Waals surface area contributed by atoms with E-state index in [1.54, 1.807) is 0 Å². The highest BCUT2D eigenvalue weighted by atomic mass is 16.4. The average molecular weight is 416 g/mol. The maximum atomic E-state index is 12.6. The van der Waals surface area contributed by atoms with Gasteiger partial charge in [0.2, 0.25) is 17.7 Å². The molecule has 0 aromatic rings. The fraction of sp³-hybridized carbons (Fsp3) is 0.706. The molecule has 12 heteroatoms. The van der Waals surface area contributed by atoms with Gasteiger partial charge in [-0.2, -0.15) is 0 Å². The third-order valence-electron chi connectivity index (χ3n) is 4.45. The first-order chi connectivity index (χ1) is 13.5. The monoisotopic (exact) mass is 416 g/mol. The zero-order chi connectivity index (χ0) is 22.1. The van der Waals surface area contributed by atoms with E-state index in [2.05, 4.69) is 21.3 Å². The van der Waals surface area contributed by atoms with Gasteiger partial charge in [-0.05, 0) is 39.7 Å². The largest absolute Gasteiger partial charge is 0.481 e. The van der Waals surface area contributed by atoms with Gasteiger partial charge in [0, 0.05) is 6.42 Å². The second kappa shape index (κ2) is 11.3. The van der Waals surface area contributed by atoms with E-state index in [4.69, 9.17) is 10.2 Å². The van der Waals surface area contributed by atoms with Crippen molar-refractivity contribution in [2.24, 2.45) is 0 Å². The predicted molar refractivity (Wildman–Crippen MR) is 98.7 cm³/mol. The lowest BCUT2D eigenvalue weighted by Gasteiger charge is -2.26. The first kappa shape index (κ1) is 24.3. The van der Waals surface area contributed by atoms with Gasteiger partial charge in [-0.25, -0.2) is 0 Å². The van der Waals surface area contributed by atoms with E-state index < -0.39 is 66.4 Å². The highest BCUT2D eigenvalue weighted by Gasteiger charge is 2.33. The summed E-state index contributed by atoms with van der Waals surface area (Å²) < 4.78 is 0. The summed E-state index contributed by atoms with van der Waals surface area (Å²) in [6.45, 7) is 3.15. The highest BCUT2D eigenvalue weighted by Crippen LogP contribution is 2.07. The molecule has 0 radical (unpaired) electrons. The molecule has 1 aliphatic heterocycles. The van der Waals surface area contributed by atoms with Crippen molar-refractivity contribution >= 4 is 29.7 Å². The molecular weight excluding hydrogens is 388 g/mol.